The van der Waals surface area contributed by atoms with Crippen LogP contribution in [0.15, 0.2) is 47.2 Å². The first-order valence-electron chi connectivity index (χ1n) is 10.2. The molecule has 0 atom stereocenters. The van der Waals surface area contributed by atoms with Crippen molar-refractivity contribution in [1.82, 2.24) is 24.5 Å². The number of nitrogens with zero attached hydrogens (tertiary/aromatic N) is 5. The summed E-state index contributed by atoms with van der Waals surface area (Å²) in [5.41, 5.74) is 3.99. The Morgan fingerprint density at radius 3 is 3.00 bits per heavy atom. The lowest BCUT2D eigenvalue weighted by atomic mass is 9.99. The number of rotatable bonds is 6. The quantitative estimate of drug-likeness (QED) is 0.524. The van der Waals surface area contributed by atoms with E-state index in [2.05, 4.69) is 27.2 Å². The van der Waals surface area contributed by atoms with Crippen molar-refractivity contribution in [1.29, 1.82) is 0 Å². The molecule has 5 rings (SSSR count). The van der Waals surface area contributed by atoms with Gasteiger partial charge in [0.1, 0.15) is 5.82 Å². The fraction of sp³-hybridized carbons (Fsp3) is 0.318. The predicted molar refractivity (Wildman–Crippen MR) is 111 cm³/mol. The Balaban J connectivity index is 1.48. The molecule has 0 saturated heterocycles. The van der Waals surface area contributed by atoms with Gasteiger partial charge < -0.3 is 9.73 Å². The molecule has 0 radical (unpaired) electrons. The van der Waals surface area contributed by atoms with Crippen molar-refractivity contribution in [2.75, 3.05) is 18.4 Å². The van der Waals surface area contributed by atoms with Gasteiger partial charge in [0, 0.05) is 37.9 Å². The van der Waals surface area contributed by atoms with E-state index in [4.69, 9.17) is 9.40 Å². The first-order chi connectivity index (χ1) is 14.7. The van der Waals surface area contributed by atoms with Crippen molar-refractivity contribution in [3.05, 3.63) is 65.3 Å². The number of hydrogen-bond acceptors (Lipinski definition) is 6. The fourth-order valence-corrected chi connectivity index (χ4v) is 3.86. The van der Waals surface area contributed by atoms with Gasteiger partial charge in [-0.2, -0.15) is 4.52 Å². The molecule has 30 heavy (non-hydrogen) atoms. The smallest absolute Gasteiger partial charge is 0.225 e. The molecule has 3 aromatic heterocycles. The molecule has 4 heterocycles. The summed E-state index contributed by atoms with van der Waals surface area (Å²) in [6, 6.07) is 8.73. The molecule has 0 fully saturated rings. The molecular weight excluding hydrogens is 383 g/mol. The minimum atomic E-state index is -0.188. The van der Waals surface area contributed by atoms with Crippen LogP contribution in [-0.4, -0.2) is 37.6 Å². The standard InChI is InChI=1S/C22H23FN6O/c1-2-8-24-22-25-12-17(21-26-20(27-29(21)22)19-4-3-10-30-19)14-28-9-7-15-5-6-18(23)11-16(15)13-28/h3-6,10-12H,2,7-9,13-14H2,1H3,(H,24,25). The predicted octanol–water partition coefficient (Wildman–Crippen LogP) is 3.90. The third-order valence-electron chi connectivity index (χ3n) is 5.37. The van der Waals surface area contributed by atoms with E-state index in [9.17, 15) is 4.39 Å². The Morgan fingerprint density at radius 2 is 2.17 bits per heavy atom. The summed E-state index contributed by atoms with van der Waals surface area (Å²) >= 11 is 0. The number of hydrogen-bond donors (Lipinski definition) is 1. The molecule has 0 amide bonds. The van der Waals surface area contributed by atoms with E-state index in [1.54, 1.807) is 16.8 Å². The van der Waals surface area contributed by atoms with Gasteiger partial charge in [0.25, 0.3) is 0 Å². The van der Waals surface area contributed by atoms with Crippen LogP contribution < -0.4 is 5.32 Å². The Kier molecular flexibility index (Phi) is 4.92. The zero-order valence-electron chi connectivity index (χ0n) is 16.8. The van der Waals surface area contributed by atoms with Crippen LogP contribution in [0.2, 0.25) is 0 Å². The SMILES string of the molecule is CCCNc1ncc(CN2CCc3ccc(F)cc3C2)c2nc(-c3ccco3)nn12. The molecule has 4 aromatic rings. The maximum absolute atomic E-state index is 13.7. The first kappa shape index (κ1) is 18.7. The zero-order chi connectivity index (χ0) is 20.5. The molecule has 1 aliphatic heterocycles. The van der Waals surface area contributed by atoms with Gasteiger partial charge in [0.05, 0.1) is 6.26 Å². The highest BCUT2D eigenvalue weighted by atomic mass is 19.1. The van der Waals surface area contributed by atoms with Gasteiger partial charge in [0.15, 0.2) is 11.4 Å². The number of anilines is 1. The second-order valence-corrected chi connectivity index (χ2v) is 7.56. The monoisotopic (exact) mass is 406 g/mol. The van der Waals surface area contributed by atoms with Crippen molar-refractivity contribution < 1.29 is 8.81 Å². The van der Waals surface area contributed by atoms with E-state index in [1.165, 1.54) is 11.6 Å². The van der Waals surface area contributed by atoms with Crippen LogP contribution in [-0.2, 0) is 19.5 Å². The summed E-state index contributed by atoms with van der Waals surface area (Å²) in [7, 11) is 0. The van der Waals surface area contributed by atoms with Gasteiger partial charge in [-0.25, -0.2) is 14.4 Å². The van der Waals surface area contributed by atoms with E-state index in [-0.39, 0.29) is 5.82 Å². The lowest BCUT2D eigenvalue weighted by molar-refractivity contribution is 0.245. The Morgan fingerprint density at radius 1 is 1.23 bits per heavy atom. The van der Waals surface area contributed by atoms with Gasteiger partial charge in [-0.3, -0.25) is 4.90 Å². The summed E-state index contributed by atoms with van der Waals surface area (Å²) in [6.45, 7) is 5.17. The Labute approximate surface area is 173 Å². The molecule has 1 N–H and O–H groups in total. The van der Waals surface area contributed by atoms with Crippen LogP contribution in [0, 0.1) is 5.82 Å². The fourth-order valence-electron chi connectivity index (χ4n) is 3.86. The molecule has 0 saturated carbocycles. The number of benzene rings is 1. The average molecular weight is 406 g/mol. The highest BCUT2D eigenvalue weighted by molar-refractivity contribution is 5.58. The van der Waals surface area contributed by atoms with Gasteiger partial charge in [0.2, 0.25) is 11.8 Å². The van der Waals surface area contributed by atoms with Crippen molar-refractivity contribution >= 4 is 11.6 Å². The minimum Gasteiger partial charge on any atom is -0.461 e. The molecule has 1 aromatic carbocycles. The van der Waals surface area contributed by atoms with E-state index in [0.717, 1.165) is 42.7 Å². The number of furan rings is 1. The lowest BCUT2D eigenvalue weighted by Crippen LogP contribution is -2.30. The minimum absolute atomic E-state index is 0.188. The molecule has 0 aliphatic carbocycles. The van der Waals surface area contributed by atoms with Crippen molar-refractivity contribution in [2.24, 2.45) is 0 Å². The van der Waals surface area contributed by atoms with E-state index >= 15 is 0 Å². The number of fused-ring (bicyclic) bond motifs is 2. The summed E-state index contributed by atoms with van der Waals surface area (Å²) in [6.07, 6.45) is 5.35. The van der Waals surface area contributed by atoms with Crippen LogP contribution in [0.3, 0.4) is 0 Å². The second kappa shape index (κ2) is 7.87. The lowest BCUT2D eigenvalue weighted by Gasteiger charge is -2.28. The average Bonchev–Trinajstić information content (AvgIpc) is 3.43. The molecule has 7 nitrogen and oxygen atoms in total. The normalized spacial score (nSPS) is 14.2. The van der Waals surface area contributed by atoms with Crippen LogP contribution in [0.4, 0.5) is 10.3 Å². The third-order valence-corrected chi connectivity index (χ3v) is 5.37. The summed E-state index contributed by atoms with van der Waals surface area (Å²) in [4.78, 5) is 11.6. The summed E-state index contributed by atoms with van der Waals surface area (Å²) in [5.74, 6) is 1.62. The molecule has 0 unspecified atom stereocenters. The highest BCUT2D eigenvalue weighted by Crippen LogP contribution is 2.24. The Bertz CT molecular complexity index is 1170. The van der Waals surface area contributed by atoms with Crippen molar-refractivity contribution in [2.45, 2.75) is 32.9 Å². The first-order valence-corrected chi connectivity index (χ1v) is 10.2. The summed E-state index contributed by atoms with van der Waals surface area (Å²) < 4.78 is 20.9. The maximum Gasteiger partial charge on any atom is 0.225 e. The molecular formula is C22H23FN6O. The zero-order valence-corrected chi connectivity index (χ0v) is 16.8. The highest BCUT2D eigenvalue weighted by Gasteiger charge is 2.21. The number of halogens is 1. The van der Waals surface area contributed by atoms with Gasteiger partial charge in [-0.05, 0) is 48.2 Å². The van der Waals surface area contributed by atoms with Gasteiger partial charge in [-0.15, -0.1) is 5.10 Å². The van der Waals surface area contributed by atoms with Gasteiger partial charge >= 0.3 is 0 Å². The number of aromatic nitrogens is 4. The van der Waals surface area contributed by atoms with E-state index in [0.29, 0.717) is 30.6 Å². The topological polar surface area (TPSA) is 71.5 Å². The molecule has 8 heteroatoms. The van der Waals surface area contributed by atoms with Crippen molar-refractivity contribution in [3.8, 4) is 11.6 Å². The van der Waals surface area contributed by atoms with E-state index < -0.39 is 0 Å². The van der Waals surface area contributed by atoms with Crippen LogP contribution in [0.25, 0.3) is 17.2 Å². The van der Waals surface area contributed by atoms with Crippen molar-refractivity contribution in [3.63, 3.8) is 0 Å². The Hall–Kier alpha value is -3.26. The van der Waals surface area contributed by atoms with Crippen LogP contribution >= 0.6 is 0 Å². The third kappa shape index (κ3) is 3.54. The maximum atomic E-state index is 13.7. The summed E-state index contributed by atoms with van der Waals surface area (Å²) in [5, 5.41) is 7.94. The van der Waals surface area contributed by atoms with Gasteiger partial charge in [-0.1, -0.05) is 13.0 Å². The number of nitrogens with one attached hydrogen (secondary N) is 1. The molecule has 0 bridgehead atoms. The molecule has 154 valence electrons. The van der Waals surface area contributed by atoms with Crippen LogP contribution in [0.5, 0.6) is 0 Å². The molecule has 1 aliphatic rings. The largest absolute Gasteiger partial charge is 0.461 e. The van der Waals surface area contributed by atoms with Crippen LogP contribution in [0.1, 0.15) is 30.0 Å². The molecule has 0 spiro atoms. The second-order valence-electron chi connectivity index (χ2n) is 7.56. The van der Waals surface area contributed by atoms with E-state index in [1.807, 2.05) is 24.4 Å².